The number of nitriles is 1. The van der Waals surface area contributed by atoms with Crippen molar-refractivity contribution in [3.05, 3.63) is 69.2 Å². The average Bonchev–Trinajstić information content (AvgIpc) is 3.07. The SMILES string of the molecule is N#Cc1cc(NC2CCN(c3cccc(Cl)c3)C2=O)nc2ccc([N+](=O)[O-])cc12. The Morgan fingerprint density at radius 1 is 1.28 bits per heavy atom. The van der Waals surface area contributed by atoms with Crippen LogP contribution in [0.15, 0.2) is 48.5 Å². The molecule has 1 aromatic heterocycles. The molecule has 2 aromatic carbocycles. The van der Waals surface area contributed by atoms with Gasteiger partial charge in [-0.3, -0.25) is 14.9 Å². The largest absolute Gasteiger partial charge is 0.358 e. The topological polar surface area (TPSA) is 112 Å². The molecular formula is C20H14ClN5O3. The Morgan fingerprint density at radius 2 is 2.10 bits per heavy atom. The molecule has 0 radical (unpaired) electrons. The van der Waals surface area contributed by atoms with Gasteiger partial charge in [0.15, 0.2) is 0 Å². The number of nitrogens with one attached hydrogen (secondary N) is 1. The van der Waals surface area contributed by atoms with Gasteiger partial charge in [-0.15, -0.1) is 0 Å². The molecule has 1 N–H and O–H groups in total. The summed E-state index contributed by atoms with van der Waals surface area (Å²) < 4.78 is 0. The highest BCUT2D eigenvalue weighted by Crippen LogP contribution is 2.28. The minimum absolute atomic E-state index is 0.111. The van der Waals surface area contributed by atoms with Crippen LogP contribution in [-0.4, -0.2) is 28.4 Å². The third kappa shape index (κ3) is 3.56. The number of hydrogen-bond acceptors (Lipinski definition) is 6. The number of hydrogen-bond donors (Lipinski definition) is 1. The van der Waals surface area contributed by atoms with Crippen LogP contribution in [0.25, 0.3) is 10.9 Å². The molecule has 4 rings (SSSR count). The maximum Gasteiger partial charge on any atom is 0.270 e. The van der Waals surface area contributed by atoms with Crippen LogP contribution < -0.4 is 10.2 Å². The fraction of sp³-hybridized carbons (Fsp3) is 0.150. The normalized spacial score (nSPS) is 16.1. The van der Waals surface area contributed by atoms with Gasteiger partial charge < -0.3 is 10.2 Å². The van der Waals surface area contributed by atoms with E-state index >= 15 is 0 Å². The molecule has 0 aliphatic carbocycles. The highest BCUT2D eigenvalue weighted by Gasteiger charge is 2.33. The number of nitro groups is 1. The quantitative estimate of drug-likeness (QED) is 0.518. The number of pyridine rings is 1. The molecule has 1 saturated heterocycles. The van der Waals surface area contributed by atoms with Gasteiger partial charge in [0.2, 0.25) is 5.91 Å². The van der Waals surface area contributed by atoms with E-state index in [1.165, 1.54) is 24.3 Å². The van der Waals surface area contributed by atoms with Gasteiger partial charge in [0.1, 0.15) is 11.9 Å². The zero-order chi connectivity index (χ0) is 20.5. The second-order valence-electron chi connectivity index (χ2n) is 6.58. The molecule has 0 saturated carbocycles. The van der Waals surface area contributed by atoms with Gasteiger partial charge in [0.25, 0.3) is 5.69 Å². The van der Waals surface area contributed by atoms with Gasteiger partial charge in [-0.1, -0.05) is 17.7 Å². The summed E-state index contributed by atoms with van der Waals surface area (Å²) in [6.45, 7) is 0.529. The first-order valence-corrected chi connectivity index (χ1v) is 9.17. The predicted molar refractivity (Wildman–Crippen MR) is 109 cm³/mol. The number of amides is 1. The molecule has 144 valence electrons. The second-order valence-corrected chi connectivity index (χ2v) is 7.02. The van der Waals surface area contributed by atoms with Crippen LogP contribution in [0.5, 0.6) is 0 Å². The summed E-state index contributed by atoms with van der Waals surface area (Å²) in [5.74, 6) is 0.255. The van der Waals surface area contributed by atoms with E-state index in [4.69, 9.17) is 11.6 Å². The Balaban J connectivity index is 1.61. The first-order valence-electron chi connectivity index (χ1n) is 8.79. The van der Waals surface area contributed by atoms with E-state index in [-0.39, 0.29) is 17.2 Å². The van der Waals surface area contributed by atoms with Crippen molar-refractivity contribution < 1.29 is 9.72 Å². The van der Waals surface area contributed by atoms with Crippen LogP contribution in [0.1, 0.15) is 12.0 Å². The maximum atomic E-state index is 12.8. The van der Waals surface area contributed by atoms with Crippen molar-refractivity contribution in [3.63, 3.8) is 0 Å². The molecule has 0 spiro atoms. The molecule has 1 aliphatic rings. The van der Waals surface area contributed by atoms with Crippen molar-refractivity contribution in [1.82, 2.24) is 4.98 Å². The summed E-state index contributed by atoms with van der Waals surface area (Å²) in [6, 6.07) is 14.3. The minimum Gasteiger partial charge on any atom is -0.358 e. The number of nitro benzene ring substituents is 1. The average molecular weight is 408 g/mol. The van der Waals surface area contributed by atoms with Gasteiger partial charge in [0.05, 0.1) is 22.1 Å². The lowest BCUT2D eigenvalue weighted by atomic mass is 10.1. The molecular weight excluding hydrogens is 394 g/mol. The fourth-order valence-electron chi connectivity index (χ4n) is 3.39. The molecule has 1 unspecified atom stereocenters. The lowest BCUT2D eigenvalue weighted by Crippen LogP contribution is -2.33. The molecule has 29 heavy (non-hydrogen) atoms. The zero-order valence-corrected chi connectivity index (χ0v) is 15.8. The summed E-state index contributed by atoms with van der Waals surface area (Å²) in [5, 5.41) is 24.5. The Kier molecular flexibility index (Phi) is 4.74. The van der Waals surface area contributed by atoms with Crippen molar-refractivity contribution in [3.8, 4) is 6.07 Å². The summed E-state index contributed by atoms with van der Waals surface area (Å²) >= 11 is 6.02. The molecule has 8 nitrogen and oxygen atoms in total. The van der Waals surface area contributed by atoms with Crippen molar-refractivity contribution in [2.45, 2.75) is 12.5 Å². The third-order valence-electron chi connectivity index (χ3n) is 4.77. The fourth-order valence-corrected chi connectivity index (χ4v) is 3.57. The van der Waals surface area contributed by atoms with Crippen LogP contribution in [0.2, 0.25) is 5.02 Å². The van der Waals surface area contributed by atoms with Crippen LogP contribution >= 0.6 is 11.6 Å². The van der Waals surface area contributed by atoms with Gasteiger partial charge in [-0.05, 0) is 36.8 Å². The van der Waals surface area contributed by atoms with Crippen LogP contribution in [-0.2, 0) is 4.79 Å². The van der Waals surface area contributed by atoms with E-state index in [2.05, 4.69) is 10.3 Å². The first-order chi connectivity index (χ1) is 14.0. The van der Waals surface area contributed by atoms with E-state index in [9.17, 15) is 20.2 Å². The summed E-state index contributed by atoms with van der Waals surface area (Å²) in [7, 11) is 0. The Bertz CT molecular complexity index is 1190. The van der Waals surface area contributed by atoms with E-state index < -0.39 is 11.0 Å². The maximum absolute atomic E-state index is 12.8. The van der Waals surface area contributed by atoms with Crippen LogP contribution in [0.3, 0.4) is 0 Å². The smallest absolute Gasteiger partial charge is 0.270 e. The van der Waals surface area contributed by atoms with Crippen molar-refractivity contribution in [2.24, 2.45) is 0 Å². The Hall–Kier alpha value is -3.70. The highest BCUT2D eigenvalue weighted by molar-refractivity contribution is 6.31. The number of carbonyl (C=O) groups is 1. The number of benzene rings is 2. The van der Waals surface area contributed by atoms with Gasteiger partial charge in [-0.25, -0.2) is 4.98 Å². The molecule has 1 aliphatic heterocycles. The van der Waals surface area contributed by atoms with Crippen molar-refractivity contribution in [1.29, 1.82) is 5.26 Å². The summed E-state index contributed by atoms with van der Waals surface area (Å²) in [4.78, 5) is 29.3. The zero-order valence-electron chi connectivity index (χ0n) is 15.0. The third-order valence-corrected chi connectivity index (χ3v) is 5.01. The molecule has 1 atom stereocenters. The number of nitrogens with zero attached hydrogens (tertiary/aromatic N) is 4. The number of halogens is 1. The molecule has 1 amide bonds. The second kappa shape index (κ2) is 7.37. The Labute approximate surface area is 170 Å². The van der Waals surface area contributed by atoms with Gasteiger partial charge >= 0.3 is 0 Å². The summed E-state index contributed by atoms with van der Waals surface area (Å²) in [5.41, 5.74) is 1.30. The standard InChI is InChI=1S/C20H14ClN5O3/c21-13-2-1-3-14(9-13)25-7-6-18(20(25)27)24-19-8-12(11-22)16-10-15(26(28)29)4-5-17(16)23-19/h1-5,8-10,18H,6-7H2,(H,23,24). The summed E-state index contributed by atoms with van der Waals surface area (Å²) in [6.07, 6.45) is 0.563. The lowest BCUT2D eigenvalue weighted by Gasteiger charge is -2.18. The highest BCUT2D eigenvalue weighted by atomic mass is 35.5. The van der Waals surface area contributed by atoms with Crippen molar-refractivity contribution >= 4 is 45.6 Å². The monoisotopic (exact) mass is 407 g/mol. The van der Waals surface area contributed by atoms with E-state index in [1.807, 2.05) is 12.1 Å². The number of aromatic nitrogens is 1. The predicted octanol–water partition coefficient (Wildman–Crippen LogP) is 3.89. The van der Waals surface area contributed by atoms with Crippen LogP contribution in [0.4, 0.5) is 17.2 Å². The molecule has 9 heteroatoms. The van der Waals surface area contributed by atoms with Gasteiger partial charge in [0, 0.05) is 34.8 Å². The number of non-ortho nitro benzene ring substituents is 1. The minimum atomic E-state index is -0.519. The number of rotatable bonds is 4. The number of fused-ring (bicyclic) bond motifs is 1. The number of carbonyl (C=O) groups excluding carboxylic acids is 1. The number of anilines is 2. The van der Waals surface area contributed by atoms with E-state index in [0.29, 0.717) is 34.7 Å². The Morgan fingerprint density at radius 3 is 2.83 bits per heavy atom. The van der Waals surface area contributed by atoms with Crippen LogP contribution in [0, 0.1) is 21.4 Å². The molecule has 0 bridgehead atoms. The van der Waals surface area contributed by atoms with E-state index in [1.54, 1.807) is 23.1 Å². The lowest BCUT2D eigenvalue weighted by molar-refractivity contribution is -0.384. The van der Waals surface area contributed by atoms with Crippen molar-refractivity contribution in [2.75, 3.05) is 16.8 Å². The molecule has 1 fully saturated rings. The molecule has 2 heterocycles. The van der Waals surface area contributed by atoms with E-state index in [0.717, 1.165) is 5.69 Å². The molecule has 3 aromatic rings. The van der Waals surface area contributed by atoms with Gasteiger partial charge in [-0.2, -0.15) is 5.26 Å². The first kappa shape index (κ1) is 18.7.